The summed E-state index contributed by atoms with van der Waals surface area (Å²) in [6.45, 7) is 0. The summed E-state index contributed by atoms with van der Waals surface area (Å²) in [7, 11) is 0. The van der Waals surface area contributed by atoms with Gasteiger partial charge in [0.15, 0.2) is 0 Å². The number of carbonyl (C=O) groups excluding carboxylic acids is 1. The van der Waals surface area contributed by atoms with Crippen LogP contribution >= 0.6 is 0 Å². The summed E-state index contributed by atoms with van der Waals surface area (Å²) < 4.78 is 0. The van der Waals surface area contributed by atoms with Crippen LogP contribution in [-0.4, -0.2) is 15.9 Å². The Hall–Kier alpha value is -2.36. The molecule has 2 rings (SSSR count). The second kappa shape index (κ2) is 5.12. The van der Waals surface area contributed by atoms with Crippen LogP contribution in [-0.2, 0) is 4.79 Å². The monoisotopic (exact) mass is 227 g/mol. The number of nitrogens with one attached hydrogen (secondary N) is 1. The first-order valence-corrected chi connectivity index (χ1v) is 5.29. The molecule has 0 aliphatic rings. The molecule has 4 nitrogen and oxygen atoms in total. The maximum Gasteiger partial charge on any atom is 0.221 e. The Kier molecular flexibility index (Phi) is 3.35. The lowest BCUT2D eigenvalue weighted by atomic mass is 10.1. The molecule has 1 amide bonds. The molecule has 0 aliphatic heterocycles. The summed E-state index contributed by atoms with van der Waals surface area (Å²) in [6.07, 6.45) is 7.32. The maximum atomic E-state index is 10.6. The molecule has 1 aromatic carbocycles. The average Bonchev–Trinajstić information content (AvgIpc) is 2.83. The molecule has 0 saturated carbocycles. The van der Waals surface area contributed by atoms with Crippen molar-refractivity contribution >= 4 is 12.0 Å². The van der Waals surface area contributed by atoms with E-state index in [-0.39, 0.29) is 12.3 Å². The van der Waals surface area contributed by atoms with Gasteiger partial charge >= 0.3 is 0 Å². The van der Waals surface area contributed by atoms with Crippen LogP contribution in [0.4, 0.5) is 0 Å². The van der Waals surface area contributed by atoms with Crippen molar-refractivity contribution < 1.29 is 4.79 Å². The van der Waals surface area contributed by atoms with Gasteiger partial charge in [0.1, 0.15) is 0 Å². The van der Waals surface area contributed by atoms with E-state index in [1.165, 1.54) is 0 Å². The number of aromatic nitrogens is 2. The fourth-order valence-corrected chi connectivity index (χ4v) is 1.50. The Morgan fingerprint density at radius 3 is 2.71 bits per heavy atom. The summed E-state index contributed by atoms with van der Waals surface area (Å²) in [5.74, 6) is -0.324. The second-order valence-corrected chi connectivity index (χ2v) is 3.66. The number of primary amides is 1. The van der Waals surface area contributed by atoms with Crippen LogP contribution in [0.15, 0.2) is 42.9 Å². The Bertz CT molecular complexity index is 512. The summed E-state index contributed by atoms with van der Waals surface area (Å²) in [6, 6.07) is 7.95. The van der Waals surface area contributed by atoms with E-state index in [4.69, 9.17) is 5.73 Å². The topological polar surface area (TPSA) is 71.8 Å². The summed E-state index contributed by atoms with van der Waals surface area (Å²) in [5.41, 5.74) is 8.14. The molecule has 0 saturated heterocycles. The van der Waals surface area contributed by atoms with Gasteiger partial charge in [-0.3, -0.25) is 4.79 Å². The van der Waals surface area contributed by atoms with E-state index < -0.39 is 0 Å². The van der Waals surface area contributed by atoms with E-state index in [0.717, 1.165) is 16.8 Å². The van der Waals surface area contributed by atoms with Crippen molar-refractivity contribution in [1.82, 2.24) is 9.97 Å². The normalized spacial score (nSPS) is 10.8. The van der Waals surface area contributed by atoms with E-state index in [0.29, 0.717) is 0 Å². The van der Waals surface area contributed by atoms with Gasteiger partial charge in [-0.25, -0.2) is 4.98 Å². The SMILES string of the molecule is NC(=O)CC=Cc1ccc(-c2cnc[nH]2)cc1. The van der Waals surface area contributed by atoms with Crippen molar-refractivity contribution in [2.24, 2.45) is 5.73 Å². The van der Waals surface area contributed by atoms with E-state index >= 15 is 0 Å². The number of amides is 1. The Balaban J connectivity index is 2.08. The number of nitrogens with two attached hydrogens (primary N) is 1. The van der Waals surface area contributed by atoms with Crippen molar-refractivity contribution in [1.29, 1.82) is 0 Å². The molecule has 2 aromatic rings. The fraction of sp³-hybridized carbons (Fsp3) is 0.0769. The maximum absolute atomic E-state index is 10.6. The van der Waals surface area contributed by atoms with Crippen LogP contribution in [0.3, 0.4) is 0 Å². The highest BCUT2D eigenvalue weighted by Gasteiger charge is 1.97. The zero-order valence-electron chi connectivity index (χ0n) is 9.26. The lowest BCUT2D eigenvalue weighted by Crippen LogP contribution is -2.07. The Morgan fingerprint density at radius 2 is 2.12 bits per heavy atom. The van der Waals surface area contributed by atoms with Gasteiger partial charge in [0.25, 0.3) is 0 Å². The number of hydrogen-bond acceptors (Lipinski definition) is 2. The molecular formula is C13H13N3O. The van der Waals surface area contributed by atoms with Gasteiger partial charge in [0.2, 0.25) is 5.91 Å². The van der Waals surface area contributed by atoms with Gasteiger partial charge in [-0.1, -0.05) is 36.4 Å². The summed E-state index contributed by atoms with van der Waals surface area (Å²) >= 11 is 0. The van der Waals surface area contributed by atoms with Gasteiger partial charge in [-0.15, -0.1) is 0 Å². The molecule has 86 valence electrons. The molecule has 0 atom stereocenters. The quantitative estimate of drug-likeness (QED) is 0.838. The summed E-state index contributed by atoms with van der Waals surface area (Å²) in [5, 5.41) is 0. The minimum atomic E-state index is -0.324. The minimum Gasteiger partial charge on any atom is -0.369 e. The Morgan fingerprint density at radius 1 is 1.35 bits per heavy atom. The second-order valence-electron chi connectivity index (χ2n) is 3.66. The van der Waals surface area contributed by atoms with Crippen LogP contribution in [0.1, 0.15) is 12.0 Å². The van der Waals surface area contributed by atoms with Gasteiger partial charge in [0, 0.05) is 6.42 Å². The van der Waals surface area contributed by atoms with Crippen molar-refractivity contribution in [2.75, 3.05) is 0 Å². The van der Waals surface area contributed by atoms with Crippen molar-refractivity contribution in [3.8, 4) is 11.3 Å². The van der Waals surface area contributed by atoms with Crippen LogP contribution in [0.25, 0.3) is 17.3 Å². The van der Waals surface area contributed by atoms with Gasteiger partial charge in [-0.2, -0.15) is 0 Å². The number of carbonyl (C=O) groups is 1. The molecule has 3 N–H and O–H groups in total. The highest BCUT2D eigenvalue weighted by atomic mass is 16.1. The van der Waals surface area contributed by atoms with Gasteiger partial charge in [-0.05, 0) is 11.1 Å². The molecule has 0 radical (unpaired) electrons. The van der Waals surface area contributed by atoms with Crippen LogP contribution in [0, 0.1) is 0 Å². The van der Waals surface area contributed by atoms with Crippen LogP contribution in [0.5, 0.6) is 0 Å². The molecule has 0 fully saturated rings. The number of rotatable bonds is 4. The molecule has 4 heteroatoms. The van der Waals surface area contributed by atoms with E-state index in [9.17, 15) is 4.79 Å². The Labute approximate surface area is 99.2 Å². The number of aromatic amines is 1. The standard InChI is InChI=1S/C13H13N3O/c14-13(17)3-1-2-10-4-6-11(7-5-10)12-8-15-9-16-12/h1-2,4-9H,3H2,(H2,14,17)(H,15,16). The predicted molar refractivity (Wildman–Crippen MR) is 66.9 cm³/mol. The van der Waals surface area contributed by atoms with Crippen LogP contribution < -0.4 is 5.73 Å². The number of benzene rings is 1. The number of imidazole rings is 1. The lowest BCUT2D eigenvalue weighted by molar-refractivity contribution is -0.117. The first kappa shape index (κ1) is 11.1. The third kappa shape index (κ3) is 3.04. The molecular weight excluding hydrogens is 214 g/mol. The van der Waals surface area contributed by atoms with Crippen molar-refractivity contribution in [3.63, 3.8) is 0 Å². The third-order valence-electron chi connectivity index (χ3n) is 2.35. The van der Waals surface area contributed by atoms with E-state index in [1.54, 1.807) is 18.6 Å². The minimum absolute atomic E-state index is 0.266. The zero-order chi connectivity index (χ0) is 12.1. The van der Waals surface area contributed by atoms with Crippen molar-refractivity contribution in [3.05, 3.63) is 48.4 Å². The lowest BCUT2D eigenvalue weighted by Gasteiger charge is -1.98. The van der Waals surface area contributed by atoms with Crippen LogP contribution in [0.2, 0.25) is 0 Å². The number of H-pyrrole nitrogens is 1. The number of hydrogen-bond donors (Lipinski definition) is 2. The van der Waals surface area contributed by atoms with E-state index in [1.807, 2.05) is 30.3 Å². The third-order valence-corrected chi connectivity index (χ3v) is 2.35. The molecule has 0 bridgehead atoms. The highest BCUT2D eigenvalue weighted by molar-refractivity contribution is 5.76. The first-order chi connectivity index (χ1) is 8.25. The van der Waals surface area contributed by atoms with E-state index in [2.05, 4.69) is 9.97 Å². The molecule has 0 spiro atoms. The molecule has 1 heterocycles. The molecule has 1 aromatic heterocycles. The molecule has 17 heavy (non-hydrogen) atoms. The van der Waals surface area contributed by atoms with Crippen molar-refractivity contribution in [2.45, 2.75) is 6.42 Å². The smallest absolute Gasteiger partial charge is 0.221 e. The van der Waals surface area contributed by atoms with Gasteiger partial charge < -0.3 is 10.7 Å². The molecule has 0 unspecified atom stereocenters. The summed E-state index contributed by atoms with van der Waals surface area (Å²) in [4.78, 5) is 17.6. The highest BCUT2D eigenvalue weighted by Crippen LogP contribution is 2.16. The zero-order valence-corrected chi connectivity index (χ0v) is 9.26. The van der Waals surface area contributed by atoms with Gasteiger partial charge in [0.05, 0.1) is 18.2 Å². The fourth-order valence-electron chi connectivity index (χ4n) is 1.50. The molecule has 0 aliphatic carbocycles. The number of nitrogens with zero attached hydrogens (tertiary/aromatic N) is 1. The average molecular weight is 227 g/mol. The first-order valence-electron chi connectivity index (χ1n) is 5.29. The largest absolute Gasteiger partial charge is 0.369 e. The predicted octanol–water partition coefficient (Wildman–Crippen LogP) is 1.97.